The maximum atomic E-state index is 12.1. The Labute approximate surface area is 156 Å². The normalized spacial score (nSPS) is 23.6. The largest absolute Gasteiger partial charge is 0.354 e. The summed E-state index contributed by atoms with van der Waals surface area (Å²) in [7, 11) is 0.0655. The van der Waals surface area contributed by atoms with Gasteiger partial charge in [0.25, 0.3) is 5.91 Å². The van der Waals surface area contributed by atoms with E-state index in [-0.39, 0.29) is 35.2 Å². The van der Waals surface area contributed by atoms with Gasteiger partial charge in [0.2, 0.25) is 0 Å². The van der Waals surface area contributed by atoms with Crippen LogP contribution in [0.3, 0.4) is 0 Å². The van der Waals surface area contributed by atoms with Gasteiger partial charge in [0.1, 0.15) is 0 Å². The molecule has 0 bridgehead atoms. The van der Waals surface area contributed by atoms with E-state index < -0.39 is 16.1 Å². The number of hydrogen-bond donors (Lipinski definition) is 2. The summed E-state index contributed by atoms with van der Waals surface area (Å²) >= 11 is 1.46. The summed E-state index contributed by atoms with van der Waals surface area (Å²) in [5, 5.41) is 6.63. The van der Waals surface area contributed by atoms with Crippen LogP contribution in [0.5, 0.6) is 0 Å². The minimum absolute atomic E-state index is 0.00191. The topological polar surface area (TPSA) is 106 Å². The van der Waals surface area contributed by atoms with Gasteiger partial charge in [-0.3, -0.25) is 9.79 Å². The molecular weight excluding hydrogens is 378 g/mol. The number of hydrogen-bond acceptors (Lipinski definition) is 8. The summed E-state index contributed by atoms with van der Waals surface area (Å²) in [6.45, 7) is 0.255. The van der Waals surface area contributed by atoms with Crippen molar-refractivity contribution in [3.63, 3.8) is 0 Å². The molecule has 1 amide bonds. The van der Waals surface area contributed by atoms with Crippen LogP contribution in [0.4, 0.5) is 5.69 Å². The third-order valence-corrected chi connectivity index (χ3v) is 7.31. The van der Waals surface area contributed by atoms with Crippen molar-refractivity contribution in [3.8, 4) is 0 Å². The standard InChI is InChI=1S/C16H21N3O5S2/c1-23-14(24-2)7-17-15(20)10-3-5-11(6-4-10)18-16-19-12-8-26(21,22)9-13(12)25-16/h3-6,12-14H,7-9H2,1-2H3,(H,17,20)(H,18,19)/t12-,13+/m1/s1. The Morgan fingerprint density at radius 3 is 2.58 bits per heavy atom. The van der Waals surface area contributed by atoms with Crippen LogP contribution in [0.25, 0.3) is 0 Å². The molecule has 2 atom stereocenters. The SMILES string of the molecule is COC(CNC(=O)c1ccc(NC2=N[C@@H]3CS(=O)(=O)C[C@@H]3S2)cc1)OC. The summed E-state index contributed by atoms with van der Waals surface area (Å²) in [6.07, 6.45) is -0.486. The number of nitrogens with zero attached hydrogens (tertiary/aromatic N) is 1. The van der Waals surface area contributed by atoms with Crippen LogP contribution in [0.1, 0.15) is 10.4 Å². The molecule has 2 aliphatic heterocycles. The highest BCUT2D eigenvalue weighted by Gasteiger charge is 2.42. The summed E-state index contributed by atoms with van der Waals surface area (Å²) in [6, 6.07) is 6.82. The Bertz CT molecular complexity index is 791. The van der Waals surface area contributed by atoms with Crippen LogP contribution in [-0.2, 0) is 19.3 Å². The summed E-state index contributed by atoms with van der Waals surface area (Å²) < 4.78 is 33.2. The molecule has 3 rings (SSSR count). The summed E-state index contributed by atoms with van der Waals surface area (Å²) in [4.78, 5) is 16.6. The van der Waals surface area contributed by atoms with Crippen molar-refractivity contribution in [1.29, 1.82) is 0 Å². The number of benzene rings is 1. The first-order valence-electron chi connectivity index (χ1n) is 8.06. The fourth-order valence-corrected chi connectivity index (χ4v) is 6.46. The second-order valence-electron chi connectivity index (χ2n) is 6.05. The number of carbonyl (C=O) groups excluding carboxylic acids is 1. The van der Waals surface area contributed by atoms with Crippen LogP contribution >= 0.6 is 11.8 Å². The van der Waals surface area contributed by atoms with Crippen LogP contribution in [-0.4, -0.2) is 69.3 Å². The van der Waals surface area contributed by atoms with E-state index in [1.165, 1.54) is 26.0 Å². The number of nitrogens with one attached hydrogen (secondary N) is 2. The molecule has 0 aliphatic carbocycles. The molecule has 1 saturated heterocycles. The molecule has 2 heterocycles. The Balaban J connectivity index is 1.55. The molecule has 0 saturated carbocycles. The maximum absolute atomic E-state index is 12.1. The second-order valence-corrected chi connectivity index (χ2v) is 9.43. The summed E-state index contributed by atoms with van der Waals surface area (Å²) in [5.41, 5.74) is 1.31. The number of anilines is 1. The number of amidine groups is 1. The van der Waals surface area contributed by atoms with Gasteiger partial charge in [0.15, 0.2) is 21.3 Å². The van der Waals surface area contributed by atoms with Crippen molar-refractivity contribution >= 4 is 38.4 Å². The minimum atomic E-state index is -2.95. The Kier molecular flexibility index (Phi) is 5.86. The highest BCUT2D eigenvalue weighted by atomic mass is 32.2. The van der Waals surface area contributed by atoms with Crippen molar-refractivity contribution < 1.29 is 22.7 Å². The molecule has 1 aromatic rings. The van der Waals surface area contributed by atoms with Gasteiger partial charge in [-0.25, -0.2) is 8.42 Å². The molecule has 2 aliphatic rings. The van der Waals surface area contributed by atoms with Gasteiger partial charge in [0.05, 0.1) is 24.1 Å². The lowest BCUT2D eigenvalue weighted by atomic mass is 10.2. The maximum Gasteiger partial charge on any atom is 0.251 e. The number of fused-ring (bicyclic) bond motifs is 1. The zero-order valence-corrected chi connectivity index (χ0v) is 16.1. The first kappa shape index (κ1) is 19.2. The van der Waals surface area contributed by atoms with E-state index in [0.717, 1.165) is 10.9 Å². The monoisotopic (exact) mass is 399 g/mol. The van der Waals surface area contributed by atoms with E-state index in [0.29, 0.717) is 5.56 Å². The number of carbonyl (C=O) groups is 1. The third-order valence-electron chi connectivity index (χ3n) is 4.17. The zero-order valence-electron chi connectivity index (χ0n) is 14.5. The fourth-order valence-electron chi connectivity index (χ4n) is 2.79. The van der Waals surface area contributed by atoms with E-state index in [1.807, 2.05) is 0 Å². The summed E-state index contributed by atoms with van der Waals surface area (Å²) in [5.74, 6) is 0.0851. The number of rotatable bonds is 6. The molecule has 142 valence electrons. The first-order chi connectivity index (χ1) is 12.4. The highest BCUT2D eigenvalue weighted by molar-refractivity contribution is 8.15. The number of amides is 1. The van der Waals surface area contributed by atoms with Crippen LogP contribution < -0.4 is 10.6 Å². The lowest BCUT2D eigenvalue weighted by Gasteiger charge is -2.14. The van der Waals surface area contributed by atoms with Crippen molar-refractivity contribution in [1.82, 2.24) is 5.32 Å². The van der Waals surface area contributed by atoms with E-state index in [9.17, 15) is 13.2 Å². The predicted molar refractivity (Wildman–Crippen MR) is 101 cm³/mol. The highest BCUT2D eigenvalue weighted by Crippen LogP contribution is 2.34. The minimum Gasteiger partial charge on any atom is -0.354 e. The van der Waals surface area contributed by atoms with Gasteiger partial charge < -0.3 is 20.1 Å². The van der Waals surface area contributed by atoms with E-state index in [4.69, 9.17) is 9.47 Å². The fraction of sp³-hybridized carbons (Fsp3) is 0.500. The van der Waals surface area contributed by atoms with E-state index >= 15 is 0 Å². The Hall–Kier alpha value is -1.62. The molecule has 8 nitrogen and oxygen atoms in total. The third kappa shape index (κ3) is 4.56. The number of ether oxygens (including phenoxy) is 2. The number of thioether (sulfide) groups is 1. The Morgan fingerprint density at radius 1 is 1.27 bits per heavy atom. The molecule has 1 aromatic carbocycles. The van der Waals surface area contributed by atoms with Crippen LogP contribution in [0, 0.1) is 0 Å². The molecule has 0 spiro atoms. The van der Waals surface area contributed by atoms with Gasteiger partial charge >= 0.3 is 0 Å². The second kappa shape index (κ2) is 7.95. The molecule has 0 radical (unpaired) electrons. The van der Waals surface area contributed by atoms with Gasteiger partial charge in [0, 0.05) is 30.7 Å². The number of methoxy groups -OCH3 is 2. The van der Waals surface area contributed by atoms with E-state index in [2.05, 4.69) is 15.6 Å². The lowest BCUT2D eigenvalue weighted by molar-refractivity contribution is -0.0974. The number of sulfone groups is 1. The lowest BCUT2D eigenvalue weighted by Crippen LogP contribution is -2.34. The quantitative estimate of drug-likeness (QED) is 0.679. The molecule has 2 N–H and O–H groups in total. The predicted octanol–water partition coefficient (Wildman–Crippen LogP) is 0.716. The van der Waals surface area contributed by atoms with E-state index in [1.54, 1.807) is 24.3 Å². The molecule has 0 unspecified atom stereocenters. The van der Waals surface area contributed by atoms with Crippen LogP contribution in [0.2, 0.25) is 0 Å². The van der Waals surface area contributed by atoms with Crippen molar-refractivity contribution in [2.24, 2.45) is 4.99 Å². The molecule has 0 aromatic heterocycles. The number of aliphatic imine (C=N–C) groups is 1. The molecule has 10 heteroatoms. The van der Waals surface area contributed by atoms with Gasteiger partial charge in [-0.2, -0.15) is 0 Å². The molecule has 1 fully saturated rings. The van der Waals surface area contributed by atoms with Gasteiger partial charge in [-0.1, -0.05) is 11.8 Å². The Morgan fingerprint density at radius 2 is 1.96 bits per heavy atom. The van der Waals surface area contributed by atoms with Crippen LogP contribution in [0.15, 0.2) is 29.3 Å². The zero-order chi connectivity index (χ0) is 18.7. The molecule has 26 heavy (non-hydrogen) atoms. The van der Waals surface area contributed by atoms with Gasteiger partial charge in [-0.05, 0) is 24.3 Å². The average Bonchev–Trinajstić information content (AvgIpc) is 3.08. The smallest absolute Gasteiger partial charge is 0.251 e. The first-order valence-corrected chi connectivity index (χ1v) is 10.8. The molecular formula is C16H21N3O5S2. The van der Waals surface area contributed by atoms with Gasteiger partial charge in [-0.15, -0.1) is 0 Å². The van der Waals surface area contributed by atoms with Crippen molar-refractivity contribution in [2.45, 2.75) is 17.6 Å². The average molecular weight is 399 g/mol. The van der Waals surface area contributed by atoms with Crippen molar-refractivity contribution in [2.75, 3.05) is 37.6 Å². The van der Waals surface area contributed by atoms with Crippen molar-refractivity contribution in [3.05, 3.63) is 29.8 Å².